The summed E-state index contributed by atoms with van der Waals surface area (Å²) in [6.45, 7) is 5.01. The predicted molar refractivity (Wildman–Crippen MR) is 91.8 cm³/mol. The molecule has 0 fully saturated rings. The molecular weight excluding hydrogens is 272 g/mol. The van der Waals surface area contributed by atoms with Crippen LogP contribution in [0, 0.1) is 0 Å². The molecule has 114 valence electrons. The van der Waals surface area contributed by atoms with Crippen LogP contribution in [-0.2, 0) is 6.54 Å². The second kappa shape index (κ2) is 5.48. The lowest BCUT2D eigenvalue weighted by atomic mass is 10.0. The first kappa shape index (κ1) is 14.6. The Labute approximate surface area is 132 Å². The van der Waals surface area contributed by atoms with Gasteiger partial charge < -0.3 is 9.80 Å². The molecule has 3 rings (SSSR count). The molecule has 0 aliphatic carbocycles. The van der Waals surface area contributed by atoms with Crippen LogP contribution in [0.2, 0.25) is 0 Å². The average molecular weight is 294 g/mol. The highest BCUT2D eigenvalue weighted by molar-refractivity contribution is 6.10. The Hall–Kier alpha value is -2.29. The normalized spacial score (nSPS) is 13.7. The summed E-state index contributed by atoms with van der Waals surface area (Å²) >= 11 is 0. The monoisotopic (exact) mass is 294 g/mol. The van der Waals surface area contributed by atoms with E-state index in [4.69, 9.17) is 0 Å². The SMILES string of the molecule is CC(C)c1ccc(N2Cc3ccc(N(C)C)cc3C2=O)cc1. The molecule has 0 spiro atoms. The highest BCUT2D eigenvalue weighted by Gasteiger charge is 2.28. The fraction of sp³-hybridized carbons (Fsp3) is 0.316. The maximum atomic E-state index is 12.7. The van der Waals surface area contributed by atoms with Crippen molar-refractivity contribution in [3.63, 3.8) is 0 Å². The Morgan fingerprint density at radius 3 is 2.32 bits per heavy atom. The van der Waals surface area contributed by atoms with E-state index in [9.17, 15) is 4.79 Å². The molecule has 1 aliphatic heterocycles. The van der Waals surface area contributed by atoms with Crippen LogP contribution in [0.3, 0.4) is 0 Å². The molecule has 0 radical (unpaired) electrons. The molecule has 2 aromatic carbocycles. The van der Waals surface area contributed by atoms with Gasteiger partial charge in [-0.15, -0.1) is 0 Å². The van der Waals surface area contributed by atoms with Crippen LogP contribution in [0.25, 0.3) is 0 Å². The largest absolute Gasteiger partial charge is 0.378 e. The second-order valence-corrected chi connectivity index (χ2v) is 6.37. The third kappa shape index (κ3) is 2.47. The van der Waals surface area contributed by atoms with Crippen molar-refractivity contribution in [2.24, 2.45) is 0 Å². The van der Waals surface area contributed by atoms with E-state index in [1.165, 1.54) is 5.56 Å². The molecule has 1 heterocycles. The molecule has 0 bridgehead atoms. The van der Waals surface area contributed by atoms with Crippen LogP contribution >= 0.6 is 0 Å². The molecule has 3 heteroatoms. The molecule has 22 heavy (non-hydrogen) atoms. The minimum Gasteiger partial charge on any atom is -0.378 e. The molecule has 1 amide bonds. The highest BCUT2D eigenvalue weighted by Crippen LogP contribution is 2.31. The Morgan fingerprint density at radius 1 is 1.05 bits per heavy atom. The molecule has 0 N–H and O–H groups in total. The number of amides is 1. The first-order valence-electron chi connectivity index (χ1n) is 7.69. The van der Waals surface area contributed by atoms with Crippen LogP contribution in [0.15, 0.2) is 42.5 Å². The van der Waals surface area contributed by atoms with Crippen LogP contribution in [-0.4, -0.2) is 20.0 Å². The van der Waals surface area contributed by atoms with E-state index in [1.807, 2.05) is 42.1 Å². The molecule has 3 nitrogen and oxygen atoms in total. The van der Waals surface area contributed by atoms with E-state index < -0.39 is 0 Å². The first-order valence-corrected chi connectivity index (χ1v) is 7.69. The number of rotatable bonds is 3. The fourth-order valence-corrected chi connectivity index (χ4v) is 2.81. The molecule has 2 aromatic rings. The first-order chi connectivity index (χ1) is 10.5. The summed E-state index contributed by atoms with van der Waals surface area (Å²) in [4.78, 5) is 16.6. The van der Waals surface area contributed by atoms with Crippen molar-refractivity contribution in [3.8, 4) is 0 Å². The maximum Gasteiger partial charge on any atom is 0.259 e. The summed E-state index contributed by atoms with van der Waals surface area (Å²) in [5, 5.41) is 0. The van der Waals surface area contributed by atoms with Crippen molar-refractivity contribution in [2.45, 2.75) is 26.3 Å². The van der Waals surface area contributed by atoms with Crippen LogP contribution in [0.1, 0.15) is 41.3 Å². The third-order valence-electron chi connectivity index (χ3n) is 4.29. The van der Waals surface area contributed by atoms with Gasteiger partial charge in [-0.2, -0.15) is 0 Å². The van der Waals surface area contributed by atoms with Crippen LogP contribution in [0.4, 0.5) is 11.4 Å². The Balaban J connectivity index is 1.90. The lowest BCUT2D eigenvalue weighted by molar-refractivity contribution is 0.0996. The smallest absolute Gasteiger partial charge is 0.259 e. The number of benzene rings is 2. The zero-order valence-corrected chi connectivity index (χ0v) is 13.6. The van der Waals surface area contributed by atoms with Gasteiger partial charge in [0.1, 0.15) is 0 Å². The molecule has 0 aromatic heterocycles. The zero-order chi connectivity index (χ0) is 15.9. The van der Waals surface area contributed by atoms with Gasteiger partial charge in [0.25, 0.3) is 5.91 Å². The number of anilines is 2. The topological polar surface area (TPSA) is 23.6 Å². The molecule has 0 saturated heterocycles. The van der Waals surface area contributed by atoms with Gasteiger partial charge in [0.15, 0.2) is 0 Å². The van der Waals surface area contributed by atoms with Gasteiger partial charge in [-0.3, -0.25) is 4.79 Å². The van der Waals surface area contributed by atoms with E-state index in [0.717, 1.165) is 22.5 Å². The number of carbonyl (C=O) groups excluding carboxylic acids is 1. The summed E-state index contributed by atoms with van der Waals surface area (Å²) in [5.41, 5.74) is 5.24. The van der Waals surface area contributed by atoms with Crippen molar-refractivity contribution in [1.29, 1.82) is 0 Å². The number of carbonyl (C=O) groups is 1. The van der Waals surface area contributed by atoms with Crippen molar-refractivity contribution in [3.05, 3.63) is 59.2 Å². The highest BCUT2D eigenvalue weighted by atomic mass is 16.2. The van der Waals surface area contributed by atoms with Crippen molar-refractivity contribution in [2.75, 3.05) is 23.9 Å². The minimum absolute atomic E-state index is 0.0935. The van der Waals surface area contributed by atoms with Gasteiger partial charge >= 0.3 is 0 Å². The van der Waals surface area contributed by atoms with E-state index in [0.29, 0.717) is 12.5 Å². The molecule has 0 saturated carbocycles. The molecule has 0 atom stereocenters. The van der Waals surface area contributed by atoms with Gasteiger partial charge in [-0.1, -0.05) is 32.0 Å². The van der Waals surface area contributed by atoms with E-state index in [-0.39, 0.29) is 5.91 Å². The molecule has 0 unspecified atom stereocenters. The number of hydrogen-bond acceptors (Lipinski definition) is 2. The van der Waals surface area contributed by atoms with Crippen molar-refractivity contribution < 1.29 is 4.79 Å². The lowest BCUT2D eigenvalue weighted by Gasteiger charge is -2.17. The number of hydrogen-bond donors (Lipinski definition) is 0. The third-order valence-corrected chi connectivity index (χ3v) is 4.29. The summed E-state index contributed by atoms with van der Waals surface area (Å²) < 4.78 is 0. The van der Waals surface area contributed by atoms with E-state index in [1.54, 1.807) is 0 Å². The van der Waals surface area contributed by atoms with Gasteiger partial charge in [0.2, 0.25) is 0 Å². The quantitative estimate of drug-likeness (QED) is 0.853. The minimum atomic E-state index is 0.0935. The lowest BCUT2D eigenvalue weighted by Crippen LogP contribution is -2.23. The Morgan fingerprint density at radius 2 is 1.73 bits per heavy atom. The van der Waals surface area contributed by atoms with Crippen LogP contribution < -0.4 is 9.80 Å². The van der Waals surface area contributed by atoms with Gasteiger partial charge in [-0.05, 0) is 41.3 Å². The van der Waals surface area contributed by atoms with Crippen LogP contribution in [0.5, 0.6) is 0 Å². The summed E-state index contributed by atoms with van der Waals surface area (Å²) in [5.74, 6) is 0.596. The van der Waals surface area contributed by atoms with E-state index in [2.05, 4.69) is 38.1 Å². The molecule has 1 aliphatic rings. The maximum absolute atomic E-state index is 12.7. The van der Waals surface area contributed by atoms with E-state index >= 15 is 0 Å². The summed E-state index contributed by atoms with van der Waals surface area (Å²) in [7, 11) is 3.98. The van der Waals surface area contributed by atoms with Gasteiger partial charge in [0, 0.05) is 31.0 Å². The predicted octanol–water partition coefficient (Wildman–Crippen LogP) is 4.04. The van der Waals surface area contributed by atoms with Gasteiger partial charge in [0.05, 0.1) is 6.54 Å². The number of nitrogens with zero attached hydrogens (tertiary/aromatic N) is 2. The number of fused-ring (bicyclic) bond motifs is 1. The molecular formula is C19H22N2O. The van der Waals surface area contributed by atoms with Gasteiger partial charge in [-0.25, -0.2) is 0 Å². The summed E-state index contributed by atoms with van der Waals surface area (Å²) in [6, 6.07) is 14.4. The standard InChI is InChI=1S/C19H22N2O/c1-13(2)14-5-8-16(9-6-14)21-12-15-7-10-17(20(3)4)11-18(15)19(21)22/h5-11,13H,12H2,1-4H3. The average Bonchev–Trinajstić information content (AvgIpc) is 2.84. The second-order valence-electron chi connectivity index (χ2n) is 6.37. The summed E-state index contributed by atoms with van der Waals surface area (Å²) in [6.07, 6.45) is 0. The van der Waals surface area contributed by atoms with Crippen molar-refractivity contribution >= 4 is 17.3 Å². The zero-order valence-electron chi connectivity index (χ0n) is 13.6. The fourth-order valence-electron chi connectivity index (χ4n) is 2.81. The van der Waals surface area contributed by atoms with Crippen molar-refractivity contribution in [1.82, 2.24) is 0 Å². The Bertz CT molecular complexity index is 702. The Kier molecular flexibility index (Phi) is 3.65.